The number of ether oxygens (including phenoxy) is 1. The van der Waals surface area contributed by atoms with Crippen LogP contribution in [0.15, 0.2) is 18.2 Å². The van der Waals surface area contributed by atoms with E-state index < -0.39 is 5.95 Å². The third kappa shape index (κ3) is 3.38. The summed E-state index contributed by atoms with van der Waals surface area (Å²) in [5.74, 6) is 0.0548. The summed E-state index contributed by atoms with van der Waals surface area (Å²) >= 11 is 0. The van der Waals surface area contributed by atoms with Gasteiger partial charge in [0.2, 0.25) is 5.95 Å². The molecule has 1 rings (SSSR count). The van der Waals surface area contributed by atoms with Gasteiger partial charge in [-0.15, -0.1) is 0 Å². The SMILES string of the molecule is COC[C@H](C)Nc1cccc(F)n1. The quantitative estimate of drug-likeness (QED) is 0.723. The predicted molar refractivity (Wildman–Crippen MR) is 49.2 cm³/mol. The molecule has 0 saturated carbocycles. The van der Waals surface area contributed by atoms with E-state index in [-0.39, 0.29) is 6.04 Å². The van der Waals surface area contributed by atoms with Crippen LogP contribution in [0.5, 0.6) is 0 Å². The number of nitrogens with zero attached hydrogens (tertiary/aromatic N) is 1. The molecule has 1 heterocycles. The van der Waals surface area contributed by atoms with Gasteiger partial charge in [0.05, 0.1) is 6.61 Å². The number of methoxy groups -OCH3 is 1. The van der Waals surface area contributed by atoms with Crippen LogP contribution in [0.25, 0.3) is 0 Å². The van der Waals surface area contributed by atoms with E-state index in [1.807, 2.05) is 6.92 Å². The van der Waals surface area contributed by atoms with E-state index in [9.17, 15) is 4.39 Å². The zero-order chi connectivity index (χ0) is 9.68. The molecule has 0 fully saturated rings. The first-order chi connectivity index (χ1) is 6.22. The topological polar surface area (TPSA) is 34.1 Å². The highest BCUT2D eigenvalue weighted by molar-refractivity contribution is 5.34. The van der Waals surface area contributed by atoms with Crippen molar-refractivity contribution in [3.63, 3.8) is 0 Å². The molecule has 0 aromatic carbocycles. The summed E-state index contributed by atoms with van der Waals surface area (Å²) < 4.78 is 17.5. The van der Waals surface area contributed by atoms with E-state index in [4.69, 9.17) is 4.74 Å². The molecule has 0 spiro atoms. The van der Waals surface area contributed by atoms with Crippen molar-refractivity contribution in [2.24, 2.45) is 0 Å². The average molecular weight is 184 g/mol. The standard InChI is InChI=1S/C9H13FN2O/c1-7(6-13-2)11-9-5-3-4-8(10)12-9/h3-5,7H,6H2,1-2H3,(H,11,12)/t7-/m0/s1. The summed E-state index contributed by atoms with van der Waals surface area (Å²) in [6.45, 7) is 2.51. The zero-order valence-electron chi connectivity index (χ0n) is 7.75. The summed E-state index contributed by atoms with van der Waals surface area (Å²) in [7, 11) is 1.62. The van der Waals surface area contributed by atoms with Crippen LogP contribution in [-0.4, -0.2) is 24.7 Å². The van der Waals surface area contributed by atoms with Gasteiger partial charge in [0.15, 0.2) is 0 Å². The summed E-state index contributed by atoms with van der Waals surface area (Å²) in [6.07, 6.45) is 0. The normalized spacial score (nSPS) is 12.5. The van der Waals surface area contributed by atoms with Crippen molar-refractivity contribution in [1.29, 1.82) is 0 Å². The largest absolute Gasteiger partial charge is 0.383 e. The fourth-order valence-electron chi connectivity index (χ4n) is 1.03. The van der Waals surface area contributed by atoms with Crippen LogP contribution in [0, 0.1) is 5.95 Å². The molecule has 1 atom stereocenters. The van der Waals surface area contributed by atoms with Gasteiger partial charge in [-0.2, -0.15) is 4.39 Å². The third-order valence-electron chi connectivity index (χ3n) is 1.53. The Kier molecular flexibility index (Phi) is 3.64. The van der Waals surface area contributed by atoms with E-state index in [2.05, 4.69) is 10.3 Å². The minimum absolute atomic E-state index is 0.124. The van der Waals surface area contributed by atoms with Crippen molar-refractivity contribution in [3.8, 4) is 0 Å². The summed E-state index contributed by atoms with van der Waals surface area (Å²) in [5, 5.41) is 3.01. The Labute approximate surface area is 76.9 Å². The first kappa shape index (κ1) is 9.92. The molecule has 1 aromatic rings. The molecule has 3 nitrogen and oxygen atoms in total. The molecule has 0 saturated heterocycles. The maximum Gasteiger partial charge on any atom is 0.214 e. The molecule has 4 heteroatoms. The number of hydrogen-bond acceptors (Lipinski definition) is 3. The molecule has 72 valence electrons. The van der Waals surface area contributed by atoms with Crippen LogP contribution in [0.4, 0.5) is 10.2 Å². The fraction of sp³-hybridized carbons (Fsp3) is 0.444. The number of halogens is 1. The van der Waals surface area contributed by atoms with Crippen molar-refractivity contribution in [2.75, 3.05) is 19.0 Å². The highest BCUT2D eigenvalue weighted by Gasteiger charge is 2.02. The minimum Gasteiger partial charge on any atom is -0.383 e. The Balaban J connectivity index is 2.53. The molecule has 0 aliphatic rings. The smallest absolute Gasteiger partial charge is 0.214 e. The van der Waals surface area contributed by atoms with Crippen molar-refractivity contribution in [2.45, 2.75) is 13.0 Å². The van der Waals surface area contributed by atoms with Crippen LogP contribution < -0.4 is 5.32 Å². The Morgan fingerprint density at radius 1 is 1.62 bits per heavy atom. The minimum atomic E-state index is -0.477. The van der Waals surface area contributed by atoms with E-state index in [0.29, 0.717) is 12.4 Å². The molecular weight excluding hydrogens is 171 g/mol. The summed E-state index contributed by atoms with van der Waals surface area (Å²) in [5.41, 5.74) is 0. The number of nitrogens with one attached hydrogen (secondary N) is 1. The van der Waals surface area contributed by atoms with Gasteiger partial charge in [-0.05, 0) is 19.1 Å². The van der Waals surface area contributed by atoms with E-state index in [1.165, 1.54) is 6.07 Å². The lowest BCUT2D eigenvalue weighted by Gasteiger charge is -2.12. The molecular formula is C9H13FN2O. The molecule has 13 heavy (non-hydrogen) atoms. The van der Waals surface area contributed by atoms with Gasteiger partial charge in [0, 0.05) is 13.2 Å². The third-order valence-corrected chi connectivity index (χ3v) is 1.53. The maximum atomic E-state index is 12.6. The highest BCUT2D eigenvalue weighted by Crippen LogP contribution is 2.05. The second-order valence-electron chi connectivity index (χ2n) is 2.85. The van der Waals surface area contributed by atoms with Gasteiger partial charge < -0.3 is 10.1 Å². The number of rotatable bonds is 4. The van der Waals surface area contributed by atoms with Crippen molar-refractivity contribution in [1.82, 2.24) is 4.98 Å². The molecule has 0 bridgehead atoms. The van der Waals surface area contributed by atoms with Crippen LogP contribution in [0.2, 0.25) is 0 Å². The van der Waals surface area contributed by atoms with Gasteiger partial charge in [-0.1, -0.05) is 6.07 Å². The number of pyridine rings is 1. The molecule has 1 aromatic heterocycles. The second kappa shape index (κ2) is 4.77. The van der Waals surface area contributed by atoms with Crippen LogP contribution in [0.3, 0.4) is 0 Å². The lowest BCUT2D eigenvalue weighted by molar-refractivity contribution is 0.190. The highest BCUT2D eigenvalue weighted by atomic mass is 19.1. The summed E-state index contributed by atoms with van der Waals surface area (Å²) in [6, 6.07) is 4.77. The first-order valence-corrected chi connectivity index (χ1v) is 4.10. The first-order valence-electron chi connectivity index (χ1n) is 4.10. The predicted octanol–water partition coefficient (Wildman–Crippen LogP) is 1.67. The maximum absolute atomic E-state index is 12.6. The lowest BCUT2D eigenvalue weighted by Crippen LogP contribution is -2.21. The lowest BCUT2D eigenvalue weighted by atomic mass is 10.3. The Morgan fingerprint density at radius 2 is 2.38 bits per heavy atom. The van der Waals surface area contributed by atoms with Gasteiger partial charge in [0.25, 0.3) is 0 Å². The van der Waals surface area contributed by atoms with Crippen molar-refractivity contribution < 1.29 is 9.13 Å². The van der Waals surface area contributed by atoms with Crippen molar-refractivity contribution in [3.05, 3.63) is 24.1 Å². The van der Waals surface area contributed by atoms with Crippen molar-refractivity contribution >= 4 is 5.82 Å². The van der Waals surface area contributed by atoms with Gasteiger partial charge in [-0.3, -0.25) is 0 Å². The monoisotopic (exact) mass is 184 g/mol. The van der Waals surface area contributed by atoms with Gasteiger partial charge >= 0.3 is 0 Å². The fourth-order valence-corrected chi connectivity index (χ4v) is 1.03. The van der Waals surface area contributed by atoms with Gasteiger partial charge in [0.1, 0.15) is 5.82 Å². The zero-order valence-corrected chi connectivity index (χ0v) is 7.75. The molecule has 0 amide bonds. The molecule has 0 aliphatic heterocycles. The Hall–Kier alpha value is -1.16. The molecule has 0 unspecified atom stereocenters. The van der Waals surface area contributed by atoms with Gasteiger partial charge in [-0.25, -0.2) is 4.98 Å². The van der Waals surface area contributed by atoms with Crippen LogP contribution in [-0.2, 0) is 4.74 Å². The van der Waals surface area contributed by atoms with E-state index >= 15 is 0 Å². The molecule has 1 N–H and O–H groups in total. The van der Waals surface area contributed by atoms with E-state index in [1.54, 1.807) is 19.2 Å². The van der Waals surface area contributed by atoms with Crippen LogP contribution in [0.1, 0.15) is 6.92 Å². The van der Waals surface area contributed by atoms with E-state index in [0.717, 1.165) is 0 Å². The Morgan fingerprint density at radius 3 is 3.00 bits per heavy atom. The molecule has 0 aliphatic carbocycles. The molecule has 0 radical (unpaired) electrons. The Bertz CT molecular complexity index is 268. The van der Waals surface area contributed by atoms with Crippen LogP contribution >= 0.6 is 0 Å². The second-order valence-corrected chi connectivity index (χ2v) is 2.85. The number of hydrogen-bond donors (Lipinski definition) is 1. The number of anilines is 1. The summed E-state index contributed by atoms with van der Waals surface area (Å²) in [4.78, 5) is 3.66. The number of aromatic nitrogens is 1. The average Bonchev–Trinajstić information content (AvgIpc) is 2.04.